The van der Waals surface area contributed by atoms with Crippen molar-refractivity contribution >= 4 is 54.5 Å². The summed E-state index contributed by atoms with van der Waals surface area (Å²) in [5.74, 6) is 0.517. The molecule has 0 bridgehead atoms. The zero-order chi connectivity index (χ0) is 18.9. The Morgan fingerprint density at radius 3 is 2.23 bits per heavy atom. The first-order chi connectivity index (χ1) is 12.2. The van der Waals surface area contributed by atoms with Crippen LogP contribution in [0.15, 0.2) is 56.1 Å². The third-order valence-electron chi connectivity index (χ3n) is 3.10. The molecule has 0 saturated carbocycles. The molecule has 3 aromatic rings. The van der Waals surface area contributed by atoms with Crippen molar-refractivity contribution in [3.8, 4) is 0 Å². The van der Waals surface area contributed by atoms with Gasteiger partial charge in [-0.25, -0.2) is 16.8 Å². The summed E-state index contributed by atoms with van der Waals surface area (Å²) in [6.07, 6.45) is 0. The summed E-state index contributed by atoms with van der Waals surface area (Å²) in [6.45, 7) is 1.63. The Balaban J connectivity index is 1.78. The molecule has 26 heavy (non-hydrogen) atoms. The van der Waals surface area contributed by atoms with Crippen molar-refractivity contribution < 1.29 is 21.4 Å². The highest BCUT2D eigenvalue weighted by Gasteiger charge is 2.19. The van der Waals surface area contributed by atoms with E-state index in [0.29, 0.717) is 10.1 Å². The van der Waals surface area contributed by atoms with Crippen molar-refractivity contribution in [3.05, 3.63) is 52.6 Å². The molecular weight excluding hydrogens is 422 g/mol. The second kappa shape index (κ2) is 6.91. The maximum Gasteiger partial charge on any atom is 0.271 e. The summed E-state index contributed by atoms with van der Waals surface area (Å²) in [6, 6.07) is 9.53. The fourth-order valence-electron chi connectivity index (χ4n) is 1.96. The van der Waals surface area contributed by atoms with Gasteiger partial charge in [0.25, 0.3) is 20.0 Å². The number of hydrogen-bond acceptors (Lipinski definition) is 7. The van der Waals surface area contributed by atoms with E-state index in [2.05, 4.69) is 14.6 Å². The van der Waals surface area contributed by atoms with Gasteiger partial charge in [0.15, 0.2) is 5.82 Å². The molecule has 2 aromatic heterocycles. The number of anilines is 2. The van der Waals surface area contributed by atoms with Crippen LogP contribution < -0.4 is 9.44 Å². The molecule has 0 radical (unpaired) electrons. The molecule has 0 aliphatic rings. The van der Waals surface area contributed by atoms with E-state index in [1.165, 1.54) is 42.5 Å². The number of aromatic nitrogens is 1. The third-order valence-corrected chi connectivity index (χ3v) is 7.57. The van der Waals surface area contributed by atoms with Crippen molar-refractivity contribution in [2.45, 2.75) is 16.0 Å². The number of sulfonamides is 2. The van der Waals surface area contributed by atoms with Crippen LogP contribution in [0.4, 0.5) is 11.5 Å². The molecule has 3 rings (SSSR count). The fraction of sp³-hybridized carbons (Fsp3) is 0.0714. The van der Waals surface area contributed by atoms with Crippen molar-refractivity contribution in [3.63, 3.8) is 0 Å². The zero-order valence-electron chi connectivity index (χ0n) is 13.1. The van der Waals surface area contributed by atoms with E-state index >= 15 is 0 Å². The standard InChI is InChI=1S/C14H12ClN3O5S3/c1-9-8-13(16-23-9)18-25(19,20)11-4-2-10(3-5-11)17-26(21,22)14-7-6-12(15)24-14/h2-8,17H,1H3,(H,16,18). The van der Waals surface area contributed by atoms with Crippen LogP contribution >= 0.6 is 22.9 Å². The number of thiophene rings is 1. The van der Waals surface area contributed by atoms with Crippen LogP contribution in [0.25, 0.3) is 0 Å². The lowest BCUT2D eigenvalue weighted by atomic mass is 10.3. The maximum absolute atomic E-state index is 12.3. The lowest BCUT2D eigenvalue weighted by Gasteiger charge is -2.08. The number of halogens is 1. The maximum atomic E-state index is 12.3. The molecule has 138 valence electrons. The minimum atomic E-state index is -3.87. The van der Waals surface area contributed by atoms with Crippen LogP contribution in [0.3, 0.4) is 0 Å². The molecule has 0 atom stereocenters. The molecule has 2 N–H and O–H groups in total. The largest absolute Gasteiger partial charge is 0.360 e. The summed E-state index contributed by atoms with van der Waals surface area (Å²) in [4.78, 5) is -0.0553. The van der Waals surface area contributed by atoms with Gasteiger partial charge in [-0.15, -0.1) is 11.3 Å². The highest BCUT2D eigenvalue weighted by Crippen LogP contribution is 2.27. The predicted octanol–water partition coefficient (Wildman–Crippen LogP) is 3.30. The lowest BCUT2D eigenvalue weighted by Crippen LogP contribution is -2.14. The van der Waals surface area contributed by atoms with Gasteiger partial charge in [-0.3, -0.25) is 9.44 Å². The van der Waals surface area contributed by atoms with Crippen LogP contribution in [-0.2, 0) is 20.0 Å². The molecule has 8 nitrogen and oxygen atoms in total. The van der Waals surface area contributed by atoms with E-state index in [1.807, 2.05) is 0 Å². The SMILES string of the molecule is Cc1cc(NS(=O)(=O)c2ccc(NS(=O)(=O)c3ccc(Cl)s3)cc2)no1. The summed E-state index contributed by atoms with van der Waals surface area (Å²) in [5.41, 5.74) is 0.214. The molecule has 0 saturated heterocycles. The normalized spacial score (nSPS) is 12.1. The highest BCUT2D eigenvalue weighted by atomic mass is 35.5. The number of nitrogens with zero attached hydrogens (tertiary/aromatic N) is 1. The van der Waals surface area contributed by atoms with Crippen molar-refractivity contribution in [1.82, 2.24) is 5.16 Å². The van der Waals surface area contributed by atoms with E-state index in [9.17, 15) is 16.8 Å². The Morgan fingerprint density at radius 2 is 1.69 bits per heavy atom. The number of benzene rings is 1. The number of nitrogens with one attached hydrogen (secondary N) is 2. The Hall–Kier alpha value is -2.08. The smallest absolute Gasteiger partial charge is 0.271 e. The van der Waals surface area contributed by atoms with Gasteiger partial charge in [-0.1, -0.05) is 16.8 Å². The summed E-state index contributed by atoms with van der Waals surface area (Å²) < 4.78 is 58.9. The Labute approximate surface area is 158 Å². The van der Waals surface area contributed by atoms with E-state index in [-0.39, 0.29) is 20.6 Å². The van der Waals surface area contributed by atoms with Gasteiger partial charge in [0, 0.05) is 11.8 Å². The van der Waals surface area contributed by atoms with Crippen molar-refractivity contribution in [2.75, 3.05) is 9.44 Å². The Bertz CT molecular complexity index is 1130. The number of hydrogen-bond donors (Lipinski definition) is 2. The molecule has 0 aliphatic heterocycles. The van der Waals surface area contributed by atoms with Crippen LogP contribution in [-0.4, -0.2) is 22.0 Å². The first-order valence-electron chi connectivity index (χ1n) is 7.00. The second-order valence-electron chi connectivity index (χ2n) is 5.12. The molecule has 0 spiro atoms. The van der Waals surface area contributed by atoms with Gasteiger partial charge in [0.2, 0.25) is 0 Å². The molecule has 12 heteroatoms. The topological polar surface area (TPSA) is 118 Å². The summed E-state index contributed by atoms with van der Waals surface area (Å²) >= 11 is 6.67. The minimum absolute atomic E-state index is 0.0553. The van der Waals surface area contributed by atoms with Crippen molar-refractivity contribution in [2.24, 2.45) is 0 Å². The van der Waals surface area contributed by atoms with E-state index < -0.39 is 20.0 Å². The minimum Gasteiger partial charge on any atom is -0.360 e. The predicted molar refractivity (Wildman–Crippen MR) is 98.6 cm³/mol. The molecular formula is C14H12ClN3O5S3. The summed E-state index contributed by atoms with van der Waals surface area (Å²) in [7, 11) is -7.66. The number of aryl methyl sites for hydroxylation is 1. The average molecular weight is 434 g/mol. The number of rotatable bonds is 6. The average Bonchev–Trinajstić information content (AvgIpc) is 3.16. The quantitative estimate of drug-likeness (QED) is 0.615. The van der Waals surface area contributed by atoms with Gasteiger partial charge in [0.05, 0.1) is 9.23 Å². The van der Waals surface area contributed by atoms with Gasteiger partial charge in [0.1, 0.15) is 9.97 Å². The van der Waals surface area contributed by atoms with Gasteiger partial charge in [-0.2, -0.15) is 0 Å². The monoisotopic (exact) mass is 433 g/mol. The second-order valence-corrected chi connectivity index (χ2v) is 10.4. The zero-order valence-corrected chi connectivity index (χ0v) is 16.3. The molecule has 0 fully saturated rings. The fourth-order valence-corrected chi connectivity index (χ4v) is 5.49. The van der Waals surface area contributed by atoms with E-state index in [0.717, 1.165) is 11.3 Å². The van der Waals surface area contributed by atoms with Crippen molar-refractivity contribution in [1.29, 1.82) is 0 Å². The molecule has 2 heterocycles. The van der Waals surface area contributed by atoms with Gasteiger partial charge < -0.3 is 4.52 Å². The molecule has 0 unspecified atom stereocenters. The Kier molecular flexibility index (Phi) is 4.97. The summed E-state index contributed by atoms with van der Waals surface area (Å²) in [5, 5.41) is 3.56. The highest BCUT2D eigenvalue weighted by molar-refractivity contribution is 7.94. The van der Waals surface area contributed by atoms with E-state index in [4.69, 9.17) is 16.1 Å². The van der Waals surface area contributed by atoms with E-state index in [1.54, 1.807) is 6.92 Å². The van der Waals surface area contributed by atoms with Crippen LogP contribution in [0.2, 0.25) is 4.34 Å². The molecule has 0 amide bonds. The Morgan fingerprint density at radius 1 is 1.00 bits per heavy atom. The van der Waals surface area contributed by atoms with Gasteiger partial charge in [-0.05, 0) is 43.3 Å². The van der Waals surface area contributed by atoms with Gasteiger partial charge >= 0.3 is 0 Å². The van der Waals surface area contributed by atoms with Crippen LogP contribution in [0.1, 0.15) is 5.76 Å². The first kappa shape index (κ1) is 18.7. The van der Waals surface area contributed by atoms with Crippen LogP contribution in [0, 0.1) is 6.92 Å². The molecule has 0 aliphatic carbocycles. The lowest BCUT2D eigenvalue weighted by molar-refractivity contribution is 0.400. The third kappa shape index (κ3) is 4.18. The molecule has 1 aromatic carbocycles. The first-order valence-corrected chi connectivity index (χ1v) is 11.2. The van der Waals surface area contributed by atoms with Crippen LogP contribution in [0.5, 0.6) is 0 Å².